The van der Waals surface area contributed by atoms with E-state index >= 15 is 0 Å². The molecule has 2 aliphatic carbocycles. The highest BCUT2D eigenvalue weighted by Crippen LogP contribution is 2.19. The van der Waals surface area contributed by atoms with Crippen LogP contribution in [0.25, 0.3) is 18.2 Å². The second-order valence-electron chi connectivity index (χ2n) is 4.20. The molecule has 0 saturated carbocycles. The lowest BCUT2D eigenvalue weighted by Gasteiger charge is -2.08. The number of H-pyrrole nitrogens is 1. The zero-order chi connectivity index (χ0) is 11.4. The van der Waals surface area contributed by atoms with Crippen LogP contribution in [0, 0.1) is 0 Å². The molecular formula is C14H8N2O. The first-order valence-corrected chi connectivity index (χ1v) is 5.45. The topological polar surface area (TPSA) is 45.8 Å². The van der Waals surface area contributed by atoms with E-state index in [1.807, 2.05) is 30.4 Å². The van der Waals surface area contributed by atoms with Crippen molar-refractivity contribution in [3.8, 4) is 0 Å². The molecule has 2 aliphatic rings. The van der Waals surface area contributed by atoms with Crippen LogP contribution in [0.4, 0.5) is 0 Å². The van der Waals surface area contributed by atoms with Crippen molar-refractivity contribution in [3.63, 3.8) is 0 Å². The van der Waals surface area contributed by atoms with Crippen molar-refractivity contribution in [1.82, 2.24) is 9.97 Å². The number of aromatic nitrogens is 2. The van der Waals surface area contributed by atoms with Gasteiger partial charge in [-0.1, -0.05) is 12.2 Å². The Balaban J connectivity index is 2.17. The number of nitrogens with zero attached hydrogens (tertiary/aromatic N) is 1. The largest absolute Gasteiger partial charge is 0.354 e. The second kappa shape index (κ2) is 2.83. The lowest BCUT2D eigenvalue weighted by molar-refractivity contribution is 0.103. The number of nitrogens with one attached hydrogen (secondary N) is 1. The van der Waals surface area contributed by atoms with Gasteiger partial charge in [0.15, 0.2) is 5.78 Å². The van der Waals surface area contributed by atoms with E-state index in [4.69, 9.17) is 0 Å². The Morgan fingerprint density at radius 2 is 2.18 bits per heavy atom. The van der Waals surface area contributed by atoms with Crippen LogP contribution >= 0.6 is 0 Å². The van der Waals surface area contributed by atoms with Crippen molar-refractivity contribution in [2.24, 2.45) is 0 Å². The summed E-state index contributed by atoms with van der Waals surface area (Å²) in [5.74, 6) is 0.0584. The summed E-state index contributed by atoms with van der Waals surface area (Å²) in [7, 11) is 0. The highest BCUT2D eigenvalue weighted by molar-refractivity contribution is 6.15. The van der Waals surface area contributed by atoms with E-state index in [0.717, 1.165) is 27.4 Å². The minimum Gasteiger partial charge on any atom is -0.354 e. The van der Waals surface area contributed by atoms with Gasteiger partial charge in [-0.25, -0.2) is 0 Å². The third-order valence-electron chi connectivity index (χ3n) is 3.25. The predicted octanol–water partition coefficient (Wildman–Crippen LogP) is 0.590. The summed E-state index contributed by atoms with van der Waals surface area (Å²) in [6, 6.07) is 1.86. The van der Waals surface area contributed by atoms with Crippen molar-refractivity contribution in [1.29, 1.82) is 0 Å². The number of ketones is 1. The first-order chi connectivity index (χ1) is 8.34. The van der Waals surface area contributed by atoms with Gasteiger partial charge >= 0.3 is 0 Å². The quantitative estimate of drug-likeness (QED) is 0.602. The minimum absolute atomic E-state index is 0.0584. The van der Waals surface area contributed by atoms with Crippen LogP contribution in [0.3, 0.4) is 0 Å². The second-order valence-corrected chi connectivity index (χ2v) is 4.20. The molecular weight excluding hydrogens is 212 g/mol. The fourth-order valence-electron chi connectivity index (χ4n) is 2.46. The number of hydrogen-bond acceptors (Lipinski definition) is 2. The van der Waals surface area contributed by atoms with Crippen LogP contribution in [-0.4, -0.2) is 15.8 Å². The van der Waals surface area contributed by atoms with E-state index in [9.17, 15) is 4.79 Å². The number of rotatable bonds is 0. The van der Waals surface area contributed by atoms with Gasteiger partial charge in [-0.15, -0.1) is 0 Å². The van der Waals surface area contributed by atoms with E-state index in [1.54, 1.807) is 12.4 Å². The number of allylic oxidation sites excluding steroid dienone is 1. The van der Waals surface area contributed by atoms with Gasteiger partial charge in [0, 0.05) is 28.9 Å². The van der Waals surface area contributed by atoms with Gasteiger partial charge < -0.3 is 4.98 Å². The van der Waals surface area contributed by atoms with Gasteiger partial charge in [-0.05, 0) is 23.8 Å². The first-order valence-electron chi connectivity index (χ1n) is 5.45. The number of aromatic amines is 1. The van der Waals surface area contributed by atoms with Crippen LogP contribution in [0.5, 0.6) is 0 Å². The summed E-state index contributed by atoms with van der Waals surface area (Å²) in [6.07, 6.45) is 11.3. The van der Waals surface area contributed by atoms with Gasteiger partial charge in [0.05, 0.1) is 10.9 Å². The van der Waals surface area contributed by atoms with Gasteiger partial charge in [0.2, 0.25) is 0 Å². The highest BCUT2D eigenvalue weighted by atomic mass is 16.1. The average molecular weight is 220 g/mol. The Labute approximate surface area is 96.8 Å². The van der Waals surface area contributed by atoms with Crippen molar-refractivity contribution < 1.29 is 4.79 Å². The molecule has 3 heteroatoms. The number of carbonyl (C=O) groups is 1. The van der Waals surface area contributed by atoms with E-state index in [1.165, 1.54) is 0 Å². The molecule has 2 heterocycles. The Bertz CT molecular complexity index is 809. The molecule has 2 aromatic rings. The fraction of sp³-hybridized carbons (Fsp3) is 0. The van der Waals surface area contributed by atoms with Crippen molar-refractivity contribution in [3.05, 3.63) is 57.5 Å². The summed E-state index contributed by atoms with van der Waals surface area (Å²) < 4.78 is 0. The molecule has 0 bridgehead atoms. The Morgan fingerprint density at radius 1 is 1.24 bits per heavy atom. The Hall–Kier alpha value is -2.42. The molecule has 0 aromatic carbocycles. The third kappa shape index (κ3) is 1.00. The number of carbonyl (C=O) groups excluding carboxylic acids is 1. The zero-order valence-corrected chi connectivity index (χ0v) is 8.90. The molecule has 4 rings (SSSR count). The number of fused-ring (bicyclic) bond motifs is 4. The van der Waals surface area contributed by atoms with Gasteiger partial charge in [-0.2, -0.15) is 0 Å². The molecule has 80 valence electrons. The molecule has 0 radical (unpaired) electrons. The first kappa shape index (κ1) is 8.70. The lowest BCUT2D eigenvalue weighted by Crippen LogP contribution is -2.21. The summed E-state index contributed by atoms with van der Waals surface area (Å²) in [5.41, 5.74) is 3.38. The molecule has 2 aromatic heterocycles. The van der Waals surface area contributed by atoms with Gasteiger partial charge in [0.25, 0.3) is 0 Å². The van der Waals surface area contributed by atoms with E-state index in [2.05, 4.69) is 9.97 Å². The molecule has 3 nitrogen and oxygen atoms in total. The molecule has 0 saturated heterocycles. The third-order valence-corrected chi connectivity index (χ3v) is 3.25. The summed E-state index contributed by atoms with van der Waals surface area (Å²) in [4.78, 5) is 19.7. The summed E-state index contributed by atoms with van der Waals surface area (Å²) in [6.45, 7) is 0. The fourth-order valence-corrected chi connectivity index (χ4v) is 2.46. The van der Waals surface area contributed by atoms with Crippen LogP contribution in [-0.2, 0) is 0 Å². The van der Waals surface area contributed by atoms with E-state index in [0.29, 0.717) is 5.56 Å². The molecule has 17 heavy (non-hydrogen) atoms. The number of pyridine rings is 1. The van der Waals surface area contributed by atoms with Crippen LogP contribution < -0.4 is 10.7 Å². The maximum Gasteiger partial charge on any atom is 0.197 e. The van der Waals surface area contributed by atoms with Crippen molar-refractivity contribution >= 4 is 24.0 Å². The van der Waals surface area contributed by atoms with Gasteiger partial charge in [0.1, 0.15) is 0 Å². The SMILES string of the molecule is O=C1c2cnccc2C=c2[nH]c3c(c21)C=CC=3. The minimum atomic E-state index is 0.0584. The average Bonchev–Trinajstić information content (AvgIpc) is 2.89. The lowest BCUT2D eigenvalue weighted by atomic mass is 9.94. The normalized spacial score (nSPS) is 14.7. The molecule has 0 aliphatic heterocycles. The Kier molecular flexibility index (Phi) is 1.45. The maximum absolute atomic E-state index is 12.4. The molecule has 0 fully saturated rings. The van der Waals surface area contributed by atoms with Crippen molar-refractivity contribution in [2.75, 3.05) is 0 Å². The maximum atomic E-state index is 12.4. The van der Waals surface area contributed by atoms with E-state index < -0.39 is 0 Å². The molecule has 0 unspecified atom stereocenters. The predicted molar refractivity (Wildman–Crippen MR) is 64.8 cm³/mol. The van der Waals surface area contributed by atoms with Crippen molar-refractivity contribution in [2.45, 2.75) is 0 Å². The zero-order valence-electron chi connectivity index (χ0n) is 8.90. The Morgan fingerprint density at radius 3 is 3.12 bits per heavy atom. The highest BCUT2D eigenvalue weighted by Gasteiger charge is 2.23. The monoisotopic (exact) mass is 220 g/mol. The number of hydrogen-bond donors (Lipinski definition) is 1. The van der Waals surface area contributed by atoms with Crippen LogP contribution in [0.2, 0.25) is 0 Å². The molecule has 1 N–H and O–H groups in total. The smallest absolute Gasteiger partial charge is 0.197 e. The molecule has 0 atom stereocenters. The van der Waals surface area contributed by atoms with E-state index in [-0.39, 0.29) is 5.78 Å². The standard InChI is InChI=1S/C14H8N2O/c17-14-10-7-15-5-4-8(10)6-12-13(14)9-2-1-3-11(9)16-12/h1-7,16H. The molecule has 0 spiro atoms. The summed E-state index contributed by atoms with van der Waals surface area (Å²) >= 11 is 0. The van der Waals surface area contributed by atoms with Crippen LogP contribution in [0.1, 0.15) is 27.0 Å². The van der Waals surface area contributed by atoms with Gasteiger partial charge in [-0.3, -0.25) is 9.78 Å². The molecule has 0 amide bonds. The summed E-state index contributed by atoms with van der Waals surface area (Å²) in [5, 5.41) is 1.92. The van der Waals surface area contributed by atoms with Crippen LogP contribution in [0.15, 0.2) is 24.5 Å².